The number of benzene rings is 2. The van der Waals surface area contributed by atoms with Crippen LogP contribution in [0.1, 0.15) is 28.4 Å². The van der Waals surface area contributed by atoms with Crippen molar-refractivity contribution in [2.45, 2.75) is 25.8 Å². The van der Waals surface area contributed by atoms with Crippen LogP contribution >= 0.6 is 11.8 Å². The molecule has 2 aromatic rings. The number of hydrogen-bond acceptors (Lipinski definition) is 4. The van der Waals surface area contributed by atoms with Crippen LogP contribution in [0.15, 0.2) is 54.6 Å². The van der Waals surface area contributed by atoms with Crippen LogP contribution in [0, 0.1) is 5.92 Å². The molecule has 0 radical (unpaired) electrons. The highest BCUT2D eigenvalue weighted by Gasteiger charge is 2.33. The van der Waals surface area contributed by atoms with E-state index in [0.717, 1.165) is 22.9 Å². The number of carboxylic acid groups (broad SMARTS) is 1. The normalized spacial score (nSPS) is 14.3. The van der Waals surface area contributed by atoms with Crippen molar-refractivity contribution in [3.05, 3.63) is 71.3 Å². The standard InChI is InChI=1S/C22H23NO4S/c1-15(14-28-22(27)16-7-3-2-4-8-16)21(26)23(13-20(24)25)19-11-17-9-5-6-10-18(17)12-19/h2-10,15,19H,11-14H2,1H3,(H,24,25)/t15-/m1/s1. The van der Waals surface area contributed by atoms with Gasteiger partial charge in [0.05, 0.1) is 0 Å². The second-order valence-electron chi connectivity index (χ2n) is 7.06. The Hall–Kier alpha value is -2.60. The molecule has 0 fully saturated rings. The molecular formula is C22H23NO4S. The van der Waals surface area contributed by atoms with Crippen LogP contribution in [0.4, 0.5) is 0 Å². The van der Waals surface area contributed by atoms with Gasteiger partial charge in [0.2, 0.25) is 11.0 Å². The highest BCUT2D eigenvalue weighted by atomic mass is 32.2. The van der Waals surface area contributed by atoms with Crippen molar-refractivity contribution in [2.24, 2.45) is 5.92 Å². The molecule has 1 aliphatic rings. The van der Waals surface area contributed by atoms with E-state index in [1.54, 1.807) is 31.2 Å². The quantitative estimate of drug-likeness (QED) is 0.776. The molecule has 0 heterocycles. The van der Waals surface area contributed by atoms with Crippen LogP contribution in [-0.4, -0.2) is 45.3 Å². The molecule has 0 aromatic heterocycles. The molecule has 0 saturated carbocycles. The zero-order chi connectivity index (χ0) is 20.1. The van der Waals surface area contributed by atoms with Gasteiger partial charge >= 0.3 is 5.97 Å². The molecule has 146 valence electrons. The third kappa shape index (κ3) is 4.81. The topological polar surface area (TPSA) is 74.7 Å². The van der Waals surface area contributed by atoms with E-state index in [-0.39, 0.29) is 23.6 Å². The van der Waals surface area contributed by atoms with Crippen molar-refractivity contribution < 1.29 is 19.5 Å². The smallest absolute Gasteiger partial charge is 0.323 e. The third-order valence-corrected chi connectivity index (χ3v) is 6.12. The van der Waals surface area contributed by atoms with E-state index in [9.17, 15) is 19.5 Å². The Balaban J connectivity index is 1.64. The van der Waals surface area contributed by atoms with E-state index in [1.807, 2.05) is 30.3 Å². The van der Waals surface area contributed by atoms with Crippen LogP contribution in [0.5, 0.6) is 0 Å². The maximum atomic E-state index is 13.0. The number of carboxylic acids is 1. The third-order valence-electron chi connectivity index (χ3n) is 4.95. The van der Waals surface area contributed by atoms with Crippen LogP contribution < -0.4 is 0 Å². The number of rotatable bonds is 7. The summed E-state index contributed by atoms with van der Waals surface area (Å²) in [5.41, 5.74) is 2.93. The molecule has 5 nitrogen and oxygen atoms in total. The molecule has 3 rings (SSSR count). The minimum absolute atomic E-state index is 0.0849. The van der Waals surface area contributed by atoms with Crippen molar-refractivity contribution in [1.82, 2.24) is 4.90 Å². The van der Waals surface area contributed by atoms with E-state index in [4.69, 9.17) is 0 Å². The highest BCUT2D eigenvalue weighted by molar-refractivity contribution is 8.14. The van der Waals surface area contributed by atoms with Gasteiger partial charge in [0.15, 0.2) is 0 Å². The molecule has 6 heteroatoms. The number of hydrogen-bond donors (Lipinski definition) is 1. The number of fused-ring (bicyclic) bond motifs is 1. The van der Waals surface area contributed by atoms with Gasteiger partial charge < -0.3 is 10.0 Å². The second-order valence-corrected chi connectivity index (χ2v) is 8.05. The van der Waals surface area contributed by atoms with Crippen LogP contribution in [0.3, 0.4) is 0 Å². The lowest BCUT2D eigenvalue weighted by Gasteiger charge is -2.30. The summed E-state index contributed by atoms with van der Waals surface area (Å²) in [6, 6.07) is 16.7. The minimum Gasteiger partial charge on any atom is -0.480 e. The average molecular weight is 397 g/mol. The lowest BCUT2D eigenvalue weighted by molar-refractivity contribution is -0.147. The summed E-state index contributed by atoms with van der Waals surface area (Å²) in [4.78, 5) is 38.1. The first kappa shape index (κ1) is 20.1. The predicted molar refractivity (Wildman–Crippen MR) is 109 cm³/mol. The Morgan fingerprint density at radius 3 is 2.18 bits per heavy atom. The number of aliphatic carboxylic acids is 1. The molecular weight excluding hydrogens is 374 g/mol. The highest BCUT2D eigenvalue weighted by Crippen LogP contribution is 2.27. The fourth-order valence-electron chi connectivity index (χ4n) is 3.50. The number of thioether (sulfide) groups is 1. The predicted octanol–water partition coefficient (Wildman–Crippen LogP) is 3.28. The van der Waals surface area contributed by atoms with Gasteiger partial charge in [-0.25, -0.2) is 0 Å². The molecule has 0 unspecified atom stereocenters. The minimum atomic E-state index is -1.02. The van der Waals surface area contributed by atoms with Crippen LogP contribution in [0.25, 0.3) is 0 Å². The van der Waals surface area contributed by atoms with E-state index >= 15 is 0 Å². The van der Waals surface area contributed by atoms with Crippen LogP contribution in [-0.2, 0) is 22.4 Å². The number of nitrogens with zero attached hydrogens (tertiary/aromatic N) is 1. The van der Waals surface area contributed by atoms with Crippen LogP contribution in [0.2, 0.25) is 0 Å². The van der Waals surface area contributed by atoms with Gasteiger partial charge in [0, 0.05) is 23.3 Å². The first-order valence-corrected chi connectivity index (χ1v) is 10.3. The summed E-state index contributed by atoms with van der Waals surface area (Å²) in [6.45, 7) is 1.43. The Kier molecular flexibility index (Phi) is 6.52. The number of carbonyl (C=O) groups excluding carboxylic acids is 2. The molecule has 0 spiro atoms. The zero-order valence-corrected chi connectivity index (χ0v) is 16.5. The summed E-state index contributed by atoms with van der Waals surface area (Å²) in [5, 5.41) is 9.22. The van der Waals surface area contributed by atoms with E-state index in [2.05, 4.69) is 0 Å². The largest absolute Gasteiger partial charge is 0.480 e. The molecule has 1 amide bonds. The fourth-order valence-corrected chi connectivity index (χ4v) is 4.35. The van der Waals surface area contributed by atoms with Gasteiger partial charge in [-0.2, -0.15) is 0 Å². The summed E-state index contributed by atoms with van der Waals surface area (Å²) in [7, 11) is 0. The van der Waals surface area contributed by atoms with Gasteiger partial charge in [-0.3, -0.25) is 14.4 Å². The van der Waals surface area contributed by atoms with Crippen molar-refractivity contribution in [1.29, 1.82) is 0 Å². The Bertz CT molecular complexity index is 843. The summed E-state index contributed by atoms with van der Waals surface area (Å²) in [5.74, 6) is -1.36. The number of amides is 1. The fraction of sp³-hybridized carbons (Fsp3) is 0.318. The Labute approximate surface area is 168 Å². The lowest BCUT2D eigenvalue weighted by atomic mass is 10.1. The van der Waals surface area contributed by atoms with Crippen molar-refractivity contribution in [3.63, 3.8) is 0 Å². The lowest BCUT2D eigenvalue weighted by Crippen LogP contribution is -2.46. The monoisotopic (exact) mass is 397 g/mol. The SMILES string of the molecule is C[C@H](CSC(=O)c1ccccc1)C(=O)N(CC(=O)O)C1Cc2ccccc2C1. The molecule has 1 aliphatic carbocycles. The molecule has 28 heavy (non-hydrogen) atoms. The van der Waals surface area contributed by atoms with E-state index < -0.39 is 11.9 Å². The first-order chi connectivity index (χ1) is 13.5. The molecule has 1 N–H and O–H groups in total. The maximum absolute atomic E-state index is 13.0. The summed E-state index contributed by atoms with van der Waals surface area (Å²) in [6.07, 6.45) is 1.33. The Morgan fingerprint density at radius 2 is 1.61 bits per heavy atom. The molecule has 1 atom stereocenters. The molecule has 0 bridgehead atoms. The van der Waals surface area contributed by atoms with Gasteiger partial charge in [-0.1, -0.05) is 73.3 Å². The van der Waals surface area contributed by atoms with Gasteiger partial charge in [-0.05, 0) is 24.0 Å². The van der Waals surface area contributed by atoms with Gasteiger partial charge in [0.25, 0.3) is 0 Å². The molecule has 2 aromatic carbocycles. The molecule has 0 saturated heterocycles. The van der Waals surface area contributed by atoms with Crippen molar-refractivity contribution in [2.75, 3.05) is 12.3 Å². The zero-order valence-electron chi connectivity index (χ0n) is 15.7. The van der Waals surface area contributed by atoms with Gasteiger partial charge in [-0.15, -0.1) is 0 Å². The second kappa shape index (κ2) is 9.06. The van der Waals surface area contributed by atoms with Crippen molar-refractivity contribution in [3.8, 4) is 0 Å². The first-order valence-electron chi connectivity index (χ1n) is 9.27. The van der Waals surface area contributed by atoms with Crippen molar-refractivity contribution >= 4 is 28.8 Å². The molecule has 0 aliphatic heterocycles. The average Bonchev–Trinajstić information content (AvgIpc) is 3.13. The Morgan fingerprint density at radius 1 is 1.04 bits per heavy atom. The van der Waals surface area contributed by atoms with Gasteiger partial charge in [0.1, 0.15) is 6.54 Å². The summed E-state index contributed by atoms with van der Waals surface area (Å²) >= 11 is 1.10. The number of carbonyl (C=O) groups is 3. The maximum Gasteiger partial charge on any atom is 0.323 e. The summed E-state index contributed by atoms with van der Waals surface area (Å²) < 4.78 is 0. The van der Waals surface area contributed by atoms with E-state index in [0.29, 0.717) is 24.2 Å². The van der Waals surface area contributed by atoms with E-state index in [1.165, 1.54) is 4.90 Å².